The lowest BCUT2D eigenvalue weighted by Crippen LogP contribution is -2.16. The molecule has 0 fully saturated rings. The van der Waals surface area contributed by atoms with E-state index in [-0.39, 0.29) is 16.2 Å². The zero-order valence-corrected chi connectivity index (χ0v) is 32.3. The highest BCUT2D eigenvalue weighted by molar-refractivity contribution is 7.26. The molecule has 0 saturated carbocycles. The van der Waals surface area contributed by atoms with Gasteiger partial charge in [-0.15, -0.1) is 11.3 Å². The lowest BCUT2D eigenvalue weighted by atomic mass is 9.79. The fourth-order valence-electron chi connectivity index (χ4n) is 7.87. The average molecular weight is 697 g/mol. The predicted octanol–water partition coefficient (Wildman–Crippen LogP) is 14.3. The molecule has 3 heterocycles. The van der Waals surface area contributed by atoms with Crippen molar-refractivity contribution in [3.8, 4) is 22.6 Å². The first-order valence-electron chi connectivity index (χ1n) is 18.3. The van der Waals surface area contributed by atoms with Crippen LogP contribution in [0.3, 0.4) is 0 Å². The maximum absolute atomic E-state index is 7.11. The SMILES string of the molecule is CC(C)(C)c1cc(C(C)(C)C)c2oc3c(C(C)(C)C)ccc(-c4nc(-c5cccc6c5sc5ccccc56)c5ccc6ccccc6c5n4)c3c2c1. The van der Waals surface area contributed by atoms with E-state index in [0.29, 0.717) is 5.82 Å². The second-order valence-corrected chi connectivity index (χ2v) is 18.5. The number of furan rings is 1. The van der Waals surface area contributed by atoms with Gasteiger partial charge in [0.2, 0.25) is 0 Å². The third-order valence-electron chi connectivity index (χ3n) is 10.7. The molecule has 9 rings (SSSR count). The Kier molecular flexibility index (Phi) is 7.08. The van der Waals surface area contributed by atoms with Crippen molar-refractivity contribution in [3.05, 3.63) is 120 Å². The van der Waals surface area contributed by atoms with Crippen LogP contribution in [-0.4, -0.2) is 9.97 Å². The molecule has 0 spiro atoms. The zero-order chi connectivity index (χ0) is 36.3. The van der Waals surface area contributed by atoms with Crippen molar-refractivity contribution in [2.75, 3.05) is 0 Å². The van der Waals surface area contributed by atoms with Crippen LogP contribution in [0.1, 0.15) is 79.0 Å². The smallest absolute Gasteiger partial charge is 0.161 e. The quantitative estimate of drug-likeness (QED) is 0.169. The molecule has 0 amide bonds. The first-order valence-corrected chi connectivity index (χ1v) is 19.2. The molecular formula is C48H44N2OS. The topological polar surface area (TPSA) is 38.9 Å². The molecule has 0 radical (unpaired) electrons. The first-order chi connectivity index (χ1) is 24.7. The number of nitrogens with zero attached hydrogens (tertiary/aromatic N) is 2. The Morgan fingerprint density at radius 3 is 1.98 bits per heavy atom. The fourth-order valence-corrected chi connectivity index (χ4v) is 9.09. The monoisotopic (exact) mass is 696 g/mol. The normalized spacial score (nSPS) is 13.1. The van der Waals surface area contributed by atoms with Gasteiger partial charge in [-0.3, -0.25) is 0 Å². The minimum atomic E-state index is -0.137. The van der Waals surface area contributed by atoms with Crippen molar-refractivity contribution in [2.45, 2.75) is 78.6 Å². The van der Waals surface area contributed by atoms with Gasteiger partial charge in [0.1, 0.15) is 11.2 Å². The Morgan fingerprint density at radius 1 is 0.519 bits per heavy atom. The Bertz CT molecular complexity index is 2900. The highest BCUT2D eigenvalue weighted by atomic mass is 32.1. The number of rotatable bonds is 2. The summed E-state index contributed by atoms with van der Waals surface area (Å²) in [6.45, 7) is 20.5. The molecule has 0 N–H and O–H groups in total. The van der Waals surface area contributed by atoms with Crippen molar-refractivity contribution in [3.63, 3.8) is 0 Å². The predicted molar refractivity (Wildman–Crippen MR) is 224 cm³/mol. The van der Waals surface area contributed by atoms with Crippen molar-refractivity contribution < 1.29 is 4.42 Å². The van der Waals surface area contributed by atoms with Gasteiger partial charge in [-0.1, -0.05) is 141 Å². The van der Waals surface area contributed by atoms with Crippen molar-refractivity contribution >= 4 is 75.1 Å². The molecule has 0 aliphatic carbocycles. The van der Waals surface area contributed by atoms with E-state index >= 15 is 0 Å². The Balaban J connectivity index is 1.45. The molecule has 0 unspecified atom stereocenters. The molecule has 0 bridgehead atoms. The molecule has 4 heteroatoms. The lowest BCUT2D eigenvalue weighted by molar-refractivity contribution is 0.550. The molecule has 52 heavy (non-hydrogen) atoms. The van der Waals surface area contributed by atoms with E-state index < -0.39 is 0 Å². The molecule has 0 aliphatic heterocycles. The van der Waals surface area contributed by atoms with Crippen molar-refractivity contribution in [2.24, 2.45) is 0 Å². The summed E-state index contributed by atoms with van der Waals surface area (Å²) >= 11 is 1.84. The summed E-state index contributed by atoms with van der Waals surface area (Å²) in [6, 6.07) is 37.5. The summed E-state index contributed by atoms with van der Waals surface area (Å²) in [5.41, 5.74) is 9.31. The number of benzene rings is 6. The van der Waals surface area contributed by atoms with Gasteiger partial charge in [0.15, 0.2) is 5.82 Å². The van der Waals surface area contributed by atoms with Gasteiger partial charge < -0.3 is 4.42 Å². The van der Waals surface area contributed by atoms with Crippen LogP contribution in [-0.2, 0) is 16.2 Å². The molecule has 0 atom stereocenters. The van der Waals surface area contributed by atoms with Crippen LogP contribution in [0.5, 0.6) is 0 Å². The van der Waals surface area contributed by atoms with Crippen LogP contribution in [0.15, 0.2) is 108 Å². The van der Waals surface area contributed by atoms with Gasteiger partial charge in [0, 0.05) is 64.0 Å². The van der Waals surface area contributed by atoms with Crippen molar-refractivity contribution in [1.82, 2.24) is 9.97 Å². The Hall–Kier alpha value is -5.06. The number of hydrogen-bond acceptors (Lipinski definition) is 4. The number of thiophene rings is 1. The van der Waals surface area contributed by atoms with E-state index in [1.165, 1.54) is 36.9 Å². The summed E-state index contributed by atoms with van der Waals surface area (Å²) in [4.78, 5) is 11.1. The van der Waals surface area contributed by atoms with Gasteiger partial charge >= 0.3 is 0 Å². The summed E-state index contributed by atoms with van der Waals surface area (Å²) in [5, 5.41) is 8.09. The van der Waals surface area contributed by atoms with E-state index in [2.05, 4.69) is 165 Å². The maximum atomic E-state index is 7.11. The van der Waals surface area contributed by atoms with E-state index in [9.17, 15) is 0 Å². The van der Waals surface area contributed by atoms with E-state index in [0.717, 1.165) is 60.4 Å². The Morgan fingerprint density at radius 2 is 1.23 bits per heavy atom. The van der Waals surface area contributed by atoms with E-state index in [1.54, 1.807) is 0 Å². The van der Waals surface area contributed by atoms with Crippen LogP contribution in [0.25, 0.3) is 86.4 Å². The fraction of sp³-hybridized carbons (Fsp3) is 0.250. The molecule has 0 aliphatic rings. The van der Waals surface area contributed by atoms with Crippen LogP contribution in [0.2, 0.25) is 0 Å². The minimum absolute atomic E-state index is 0.0476. The third-order valence-corrected chi connectivity index (χ3v) is 11.9. The second kappa shape index (κ2) is 11.2. The van der Waals surface area contributed by atoms with Crippen LogP contribution < -0.4 is 0 Å². The molecule has 0 saturated heterocycles. The molecule has 6 aromatic carbocycles. The summed E-state index contributed by atoms with van der Waals surface area (Å²) in [5.74, 6) is 0.712. The van der Waals surface area contributed by atoms with Crippen LogP contribution in [0, 0.1) is 0 Å². The maximum Gasteiger partial charge on any atom is 0.161 e. The molecular weight excluding hydrogens is 653 g/mol. The van der Waals surface area contributed by atoms with Gasteiger partial charge in [-0.05, 0) is 51.5 Å². The lowest BCUT2D eigenvalue weighted by Gasteiger charge is -2.25. The number of hydrogen-bond donors (Lipinski definition) is 0. The van der Waals surface area contributed by atoms with E-state index in [1.807, 2.05) is 11.3 Å². The molecule has 9 aromatic rings. The summed E-state index contributed by atoms with van der Waals surface area (Å²) in [7, 11) is 0. The highest BCUT2D eigenvalue weighted by Crippen LogP contribution is 2.47. The summed E-state index contributed by atoms with van der Waals surface area (Å²) in [6.07, 6.45) is 0. The van der Waals surface area contributed by atoms with Gasteiger partial charge in [-0.25, -0.2) is 9.97 Å². The standard InChI is InChI=1S/C48H44N2OS/c1-46(2,3)28-25-35-39-32(23-24-36(47(4,5)6)43(39)51-42(35)37(26-28)48(7,8)9)45-49-40-29-16-11-10-15-27(29)21-22-33(40)41(50-45)34-19-14-18-31-30-17-12-13-20-38(30)52-44(31)34/h10-26H,1-9H3. The first kappa shape index (κ1) is 32.8. The number of fused-ring (bicyclic) bond motifs is 9. The minimum Gasteiger partial charge on any atom is -0.455 e. The number of aromatic nitrogens is 2. The molecule has 3 aromatic heterocycles. The van der Waals surface area contributed by atoms with Crippen LogP contribution in [0.4, 0.5) is 0 Å². The van der Waals surface area contributed by atoms with E-state index in [4.69, 9.17) is 14.4 Å². The largest absolute Gasteiger partial charge is 0.455 e. The second-order valence-electron chi connectivity index (χ2n) is 17.5. The van der Waals surface area contributed by atoms with Gasteiger partial charge in [-0.2, -0.15) is 0 Å². The van der Waals surface area contributed by atoms with Crippen LogP contribution >= 0.6 is 11.3 Å². The molecule has 258 valence electrons. The van der Waals surface area contributed by atoms with Gasteiger partial charge in [0.25, 0.3) is 0 Å². The highest BCUT2D eigenvalue weighted by Gasteiger charge is 2.30. The average Bonchev–Trinajstić information content (AvgIpc) is 3.68. The Labute approximate surface area is 309 Å². The zero-order valence-electron chi connectivity index (χ0n) is 31.5. The molecule has 3 nitrogen and oxygen atoms in total. The summed E-state index contributed by atoms with van der Waals surface area (Å²) < 4.78 is 9.63. The van der Waals surface area contributed by atoms with Gasteiger partial charge in [0.05, 0.1) is 11.2 Å². The van der Waals surface area contributed by atoms with Crippen molar-refractivity contribution in [1.29, 1.82) is 0 Å². The third kappa shape index (κ3) is 5.06.